The Balaban J connectivity index is 1.89. The van der Waals surface area contributed by atoms with Crippen molar-refractivity contribution in [3.63, 3.8) is 0 Å². The van der Waals surface area contributed by atoms with Crippen LogP contribution in [0.4, 0.5) is 0 Å². The first-order valence-corrected chi connectivity index (χ1v) is 7.95. The van der Waals surface area contributed by atoms with Crippen molar-refractivity contribution >= 4 is 11.6 Å². The molecule has 0 saturated carbocycles. The average Bonchev–Trinajstić information content (AvgIpc) is 2.53. The Kier molecular flexibility index (Phi) is 6.76. The monoisotopic (exact) mass is 328 g/mol. The first-order chi connectivity index (χ1) is 10.6. The molecule has 1 aromatic rings. The van der Waals surface area contributed by atoms with Crippen LogP contribution in [-0.4, -0.2) is 58.0 Å². The minimum absolute atomic E-state index is 0.393. The van der Waals surface area contributed by atoms with Crippen molar-refractivity contribution in [2.24, 2.45) is 0 Å². The van der Waals surface area contributed by atoms with Crippen molar-refractivity contribution < 1.29 is 14.2 Å². The number of hydrogen-bond donors (Lipinski definition) is 1. The van der Waals surface area contributed by atoms with Crippen LogP contribution in [0.5, 0.6) is 11.5 Å². The molecule has 0 aliphatic carbocycles. The maximum absolute atomic E-state index is 6.23. The Labute approximate surface area is 137 Å². The second-order valence-corrected chi connectivity index (χ2v) is 5.92. The van der Waals surface area contributed by atoms with Gasteiger partial charge in [-0.25, -0.2) is 0 Å². The number of ether oxygens (including phenoxy) is 3. The highest BCUT2D eigenvalue weighted by Gasteiger charge is 2.14. The van der Waals surface area contributed by atoms with Gasteiger partial charge in [0.2, 0.25) is 0 Å². The Bertz CT molecular complexity index is 479. The summed E-state index contributed by atoms with van der Waals surface area (Å²) in [6.07, 6.45) is 0. The zero-order chi connectivity index (χ0) is 15.9. The van der Waals surface area contributed by atoms with Gasteiger partial charge in [0.25, 0.3) is 0 Å². The van der Waals surface area contributed by atoms with Gasteiger partial charge in [-0.1, -0.05) is 11.6 Å². The number of methoxy groups -OCH3 is 2. The van der Waals surface area contributed by atoms with Gasteiger partial charge in [-0.15, -0.1) is 0 Å². The summed E-state index contributed by atoms with van der Waals surface area (Å²) in [7, 11) is 3.21. The first-order valence-electron chi connectivity index (χ1n) is 7.58. The van der Waals surface area contributed by atoms with Crippen LogP contribution in [0.2, 0.25) is 5.02 Å². The van der Waals surface area contributed by atoms with E-state index in [2.05, 4.69) is 17.1 Å². The van der Waals surface area contributed by atoms with E-state index >= 15 is 0 Å². The molecule has 1 aromatic carbocycles. The standard InChI is InChI=1S/C16H25ClN2O3/c1-12(11-19-4-6-22-7-5-19)18-10-13-8-14(17)16(21-3)15(9-13)20-2/h8-9,12,18H,4-7,10-11H2,1-3H3. The molecule has 2 rings (SSSR count). The molecule has 0 aromatic heterocycles. The van der Waals surface area contributed by atoms with E-state index in [1.54, 1.807) is 14.2 Å². The van der Waals surface area contributed by atoms with Gasteiger partial charge in [0.05, 0.1) is 32.5 Å². The van der Waals surface area contributed by atoms with Crippen LogP contribution in [0, 0.1) is 0 Å². The summed E-state index contributed by atoms with van der Waals surface area (Å²) >= 11 is 6.23. The summed E-state index contributed by atoms with van der Waals surface area (Å²) in [6, 6.07) is 4.27. The SMILES string of the molecule is COc1cc(CNC(C)CN2CCOCC2)cc(Cl)c1OC. The summed E-state index contributed by atoms with van der Waals surface area (Å²) in [4.78, 5) is 2.42. The molecule has 0 radical (unpaired) electrons. The number of morpholine rings is 1. The second-order valence-electron chi connectivity index (χ2n) is 5.51. The molecule has 1 aliphatic heterocycles. The van der Waals surface area contributed by atoms with Gasteiger partial charge in [-0.05, 0) is 24.6 Å². The van der Waals surface area contributed by atoms with E-state index in [1.807, 2.05) is 12.1 Å². The molecular weight excluding hydrogens is 304 g/mol. The third-order valence-corrected chi connectivity index (χ3v) is 4.06. The minimum Gasteiger partial charge on any atom is -0.493 e. The van der Waals surface area contributed by atoms with E-state index in [-0.39, 0.29) is 0 Å². The highest BCUT2D eigenvalue weighted by atomic mass is 35.5. The lowest BCUT2D eigenvalue weighted by atomic mass is 10.2. The fraction of sp³-hybridized carbons (Fsp3) is 0.625. The lowest BCUT2D eigenvalue weighted by molar-refractivity contribution is 0.0343. The molecule has 5 nitrogen and oxygen atoms in total. The van der Waals surface area contributed by atoms with Gasteiger partial charge >= 0.3 is 0 Å². The van der Waals surface area contributed by atoms with E-state index in [9.17, 15) is 0 Å². The smallest absolute Gasteiger partial charge is 0.179 e. The molecule has 0 spiro atoms. The van der Waals surface area contributed by atoms with Crippen LogP contribution in [0.25, 0.3) is 0 Å². The van der Waals surface area contributed by atoms with E-state index in [0.717, 1.165) is 45.0 Å². The lowest BCUT2D eigenvalue weighted by Gasteiger charge is -2.29. The number of rotatable bonds is 7. The van der Waals surface area contributed by atoms with E-state index in [0.29, 0.717) is 22.6 Å². The highest BCUT2D eigenvalue weighted by Crippen LogP contribution is 2.35. The second kappa shape index (κ2) is 8.58. The summed E-state index contributed by atoms with van der Waals surface area (Å²) in [5.41, 5.74) is 1.08. The van der Waals surface area contributed by atoms with Gasteiger partial charge < -0.3 is 19.5 Å². The molecule has 124 valence electrons. The van der Waals surface area contributed by atoms with E-state index < -0.39 is 0 Å². The summed E-state index contributed by atoms with van der Waals surface area (Å²) in [5.74, 6) is 1.24. The normalized spacial score (nSPS) is 17.3. The minimum atomic E-state index is 0.393. The van der Waals surface area contributed by atoms with Crippen LogP contribution >= 0.6 is 11.6 Å². The van der Waals surface area contributed by atoms with Crippen molar-refractivity contribution in [2.45, 2.75) is 19.5 Å². The number of halogens is 1. The number of benzene rings is 1. The van der Waals surface area contributed by atoms with Crippen LogP contribution in [0.1, 0.15) is 12.5 Å². The third kappa shape index (κ3) is 4.74. The number of nitrogens with zero attached hydrogens (tertiary/aromatic N) is 1. The van der Waals surface area contributed by atoms with Crippen LogP contribution < -0.4 is 14.8 Å². The maximum atomic E-state index is 6.23. The molecule has 0 bridgehead atoms. The van der Waals surface area contributed by atoms with Crippen molar-refractivity contribution in [1.82, 2.24) is 10.2 Å². The van der Waals surface area contributed by atoms with Gasteiger partial charge in [0, 0.05) is 32.2 Å². The van der Waals surface area contributed by atoms with Gasteiger partial charge in [0.15, 0.2) is 11.5 Å². The first kappa shape index (κ1) is 17.3. The number of nitrogens with one attached hydrogen (secondary N) is 1. The quantitative estimate of drug-likeness (QED) is 0.831. The van der Waals surface area contributed by atoms with E-state index in [1.165, 1.54) is 0 Å². The number of hydrogen-bond acceptors (Lipinski definition) is 5. The summed E-state index contributed by atoms with van der Waals surface area (Å²) < 4.78 is 15.9. The molecule has 1 N–H and O–H groups in total. The Morgan fingerprint density at radius 3 is 2.64 bits per heavy atom. The maximum Gasteiger partial charge on any atom is 0.179 e. The topological polar surface area (TPSA) is 43.0 Å². The average molecular weight is 329 g/mol. The van der Waals surface area contributed by atoms with Gasteiger partial charge in [-0.3, -0.25) is 4.90 Å². The zero-order valence-corrected chi connectivity index (χ0v) is 14.3. The Hall–Kier alpha value is -1.01. The van der Waals surface area contributed by atoms with Crippen LogP contribution in [0.3, 0.4) is 0 Å². The lowest BCUT2D eigenvalue weighted by Crippen LogP contribution is -2.44. The van der Waals surface area contributed by atoms with E-state index in [4.69, 9.17) is 25.8 Å². The van der Waals surface area contributed by atoms with Crippen LogP contribution in [-0.2, 0) is 11.3 Å². The Morgan fingerprint density at radius 1 is 1.27 bits per heavy atom. The molecule has 1 fully saturated rings. The molecule has 1 heterocycles. The third-order valence-electron chi connectivity index (χ3n) is 3.78. The molecule has 1 unspecified atom stereocenters. The van der Waals surface area contributed by atoms with Crippen molar-refractivity contribution in [1.29, 1.82) is 0 Å². The van der Waals surface area contributed by atoms with Crippen molar-refractivity contribution in [3.8, 4) is 11.5 Å². The summed E-state index contributed by atoms with van der Waals surface area (Å²) in [5, 5.41) is 4.09. The zero-order valence-electron chi connectivity index (χ0n) is 13.5. The molecule has 6 heteroatoms. The predicted octanol–water partition coefficient (Wildman–Crippen LogP) is 2.17. The highest BCUT2D eigenvalue weighted by molar-refractivity contribution is 6.32. The fourth-order valence-corrected chi connectivity index (χ4v) is 2.91. The van der Waals surface area contributed by atoms with Gasteiger partial charge in [-0.2, -0.15) is 0 Å². The molecule has 1 atom stereocenters. The largest absolute Gasteiger partial charge is 0.493 e. The molecule has 22 heavy (non-hydrogen) atoms. The molecule has 1 aliphatic rings. The van der Waals surface area contributed by atoms with Crippen molar-refractivity contribution in [3.05, 3.63) is 22.7 Å². The molecule has 0 amide bonds. The fourth-order valence-electron chi connectivity index (χ4n) is 2.60. The molecular formula is C16H25ClN2O3. The van der Waals surface area contributed by atoms with Gasteiger partial charge in [0.1, 0.15) is 0 Å². The predicted molar refractivity (Wildman–Crippen MR) is 88.1 cm³/mol. The van der Waals surface area contributed by atoms with Crippen LogP contribution in [0.15, 0.2) is 12.1 Å². The van der Waals surface area contributed by atoms with Crippen molar-refractivity contribution in [2.75, 3.05) is 47.1 Å². The molecule has 1 saturated heterocycles. The Morgan fingerprint density at radius 2 is 2.00 bits per heavy atom. The summed E-state index contributed by atoms with van der Waals surface area (Å²) in [6.45, 7) is 7.63.